The highest BCUT2D eigenvalue weighted by Crippen LogP contribution is 2.31. The largest absolute Gasteiger partial charge is 0.461 e. The van der Waals surface area contributed by atoms with Crippen molar-refractivity contribution in [2.45, 2.75) is 17.5 Å². The van der Waals surface area contributed by atoms with Gasteiger partial charge in [0.15, 0.2) is 16.7 Å². The van der Waals surface area contributed by atoms with Crippen molar-refractivity contribution < 1.29 is 8.94 Å². The van der Waals surface area contributed by atoms with Gasteiger partial charge in [-0.3, -0.25) is 4.57 Å². The van der Waals surface area contributed by atoms with E-state index in [0.717, 1.165) is 16.3 Å². The Labute approximate surface area is 187 Å². The summed E-state index contributed by atoms with van der Waals surface area (Å²) >= 11 is 7.91. The number of benzene rings is 2. The van der Waals surface area contributed by atoms with E-state index in [4.69, 9.17) is 20.5 Å². The molecule has 0 spiro atoms. The monoisotopic (exact) mass is 449 g/mol. The van der Waals surface area contributed by atoms with Gasteiger partial charge in [0.25, 0.3) is 0 Å². The van der Waals surface area contributed by atoms with Crippen LogP contribution in [0, 0.1) is 0 Å². The predicted octanol–water partition coefficient (Wildman–Crippen LogP) is 5.58. The van der Waals surface area contributed by atoms with Crippen LogP contribution in [0.4, 0.5) is 0 Å². The normalized spacial score (nSPS) is 11.1. The maximum absolute atomic E-state index is 6.44. The zero-order valence-electron chi connectivity index (χ0n) is 16.2. The Kier molecular flexibility index (Phi) is 5.56. The van der Waals surface area contributed by atoms with Crippen molar-refractivity contribution in [1.29, 1.82) is 0 Å². The molecule has 2 aromatic carbocycles. The van der Waals surface area contributed by atoms with E-state index in [1.807, 2.05) is 47.0 Å². The standard InChI is InChI=1S/C22H16ClN5O2S/c23-17-10-5-4-9-16(17)21-25-26-22(28(21)13-15-7-2-1-3-8-15)31-14-19-24-20(27-30-19)18-11-6-12-29-18/h1-12H,13-14H2. The molecule has 0 unspecified atom stereocenters. The third kappa shape index (κ3) is 4.26. The van der Waals surface area contributed by atoms with Crippen molar-refractivity contribution >= 4 is 23.4 Å². The first kappa shape index (κ1) is 19.6. The summed E-state index contributed by atoms with van der Waals surface area (Å²) in [7, 11) is 0. The molecular weight excluding hydrogens is 434 g/mol. The summed E-state index contributed by atoms with van der Waals surface area (Å²) in [6.07, 6.45) is 1.57. The molecule has 0 radical (unpaired) electrons. The van der Waals surface area contributed by atoms with Gasteiger partial charge in [-0.1, -0.05) is 71.0 Å². The minimum absolute atomic E-state index is 0.420. The minimum Gasteiger partial charge on any atom is -0.461 e. The lowest BCUT2D eigenvalue weighted by atomic mass is 10.2. The van der Waals surface area contributed by atoms with Crippen molar-refractivity contribution in [3.63, 3.8) is 0 Å². The van der Waals surface area contributed by atoms with Crippen LogP contribution in [0.3, 0.4) is 0 Å². The fraction of sp³-hybridized carbons (Fsp3) is 0.0909. The first-order valence-corrected chi connectivity index (χ1v) is 10.9. The van der Waals surface area contributed by atoms with Gasteiger partial charge in [0, 0.05) is 5.56 Å². The highest BCUT2D eigenvalue weighted by molar-refractivity contribution is 7.98. The molecule has 5 aromatic rings. The van der Waals surface area contributed by atoms with Crippen LogP contribution in [-0.4, -0.2) is 24.9 Å². The van der Waals surface area contributed by atoms with Gasteiger partial charge in [-0.15, -0.1) is 10.2 Å². The van der Waals surface area contributed by atoms with Crippen LogP contribution in [-0.2, 0) is 12.3 Å². The number of hydrogen-bond acceptors (Lipinski definition) is 7. The fourth-order valence-corrected chi connectivity index (χ4v) is 4.09. The molecule has 0 aliphatic heterocycles. The summed E-state index contributed by atoms with van der Waals surface area (Å²) in [6.45, 7) is 0.609. The lowest BCUT2D eigenvalue weighted by Crippen LogP contribution is -2.04. The highest BCUT2D eigenvalue weighted by atomic mass is 35.5. The maximum Gasteiger partial charge on any atom is 0.238 e. The van der Waals surface area contributed by atoms with Gasteiger partial charge < -0.3 is 8.94 Å². The van der Waals surface area contributed by atoms with E-state index in [2.05, 4.69) is 32.5 Å². The molecule has 154 valence electrons. The third-order valence-electron chi connectivity index (χ3n) is 4.55. The average Bonchev–Trinajstić information content (AvgIpc) is 3.55. The van der Waals surface area contributed by atoms with Crippen molar-refractivity contribution in [3.8, 4) is 23.0 Å². The highest BCUT2D eigenvalue weighted by Gasteiger charge is 2.18. The fourth-order valence-electron chi connectivity index (χ4n) is 3.09. The Hall–Kier alpha value is -3.36. The van der Waals surface area contributed by atoms with Gasteiger partial charge in [0.1, 0.15) is 0 Å². The quantitative estimate of drug-likeness (QED) is 0.300. The second-order valence-electron chi connectivity index (χ2n) is 6.64. The Balaban J connectivity index is 1.43. The van der Waals surface area contributed by atoms with Crippen LogP contribution in [0.2, 0.25) is 5.02 Å². The second kappa shape index (κ2) is 8.79. The molecule has 0 N–H and O–H groups in total. The molecule has 0 aliphatic carbocycles. The van der Waals surface area contributed by atoms with Gasteiger partial charge >= 0.3 is 0 Å². The second-order valence-corrected chi connectivity index (χ2v) is 7.99. The number of thioether (sulfide) groups is 1. The summed E-state index contributed by atoms with van der Waals surface area (Å²) in [5.41, 5.74) is 1.97. The Morgan fingerprint density at radius 1 is 0.935 bits per heavy atom. The molecule has 3 aromatic heterocycles. The van der Waals surface area contributed by atoms with Crippen LogP contribution >= 0.6 is 23.4 Å². The van der Waals surface area contributed by atoms with Crippen molar-refractivity contribution in [2.75, 3.05) is 0 Å². The molecule has 0 saturated heterocycles. The molecule has 7 nitrogen and oxygen atoms in total. The summed E-state index contributed by atoms with van der Waals surface area (Å²) in [4.78, 5) is 4.39. The van der Waals surface area contributed by atoms with Crippen molar-refractivity contribution in [1.82, 2.24) is 24.9 Å². The maximum atomic E-state index is 6.44. The van der Waals surface area contributed by atoms with E-state index in [1.54, 1.807) is 18.4 Å². The molecule has 0 amide bonds. The predicted molar refractivity (Wildman–Crippen MR) is 118 cm³/mol. The van der Waals surface area contributed by atoms with Crippen LogP contribution < -0.4 is 0 Å². The summed E-state index contributed by atoms with van der Waals surface area (Å²) < 4.78 is 12.7. The zero-order valence-corrected chi connectivity index (χ0v) is 17.8. The molecular formula is C22H16ClN5O2S. The number of nitrogens with zero attached hydrogens (tertiary/aromatic N) is 5. The van der Waals surface area contributed by atoms with Crippen molar-refractivity contribution in [3.05, 3.63) is 89.5 Å². The van der Waals surface area contributed by atoms with E-state index in [1.165, 1.54) is 11.8 Å². The van der Waals surface area contributed by atoms with E-state index in [9.17, 15) is 0 Å². The van der Waals surface area contributed by atoms with Crippen LogP contribution in [0.15, 0.2) is 87.1 Å². The molecule has 0 fully saturated rings. The van der Waals surface area contributed by atoms with E-state index >= 15 is 0 Å². The summed E-state index contributed by atoms with van der Waals surface area (Å²) in [6, 6.07) is 21.3. The van der Waals surface area contributed by atoms with E-state index in [-0.39, 0.29) is 0 Å². The minimum atomic E-state index is 0.420. The molecule has 0 bridgehead atoms. The first-order valence-electron chi connectivity index (χ1n) is 9.49. The summed E-state index contributed by atoms with van der Waals surface area (Å²) in [5, 5.41) is 14.2. The lowest BCUT2D eigenvalue weighted by molar-refractivity contribution is 0.390. The molecule has 3 heterocycles. The number of rotatable bonds is 7. The van der Waals surface area contributed by atoms with E-state index in [0.29, 0.717) is 40.6 Å². The Morgan fingerprint density at radius 3 is 2.58 bits per heavy atom. The SMILES string of the molecule is Clc1ccccc1-c1nnc(SCc2nc(-c3ccco3)no2)n1Cc1ccccc1. The van der Waals surface area contributed by atoms with Gasteiger partial charge in [-0.25, -0.2) is 0 Å². The van der Waals surface area contributed by atoms with Crippen LogP contribution in [0.25, 0.3) is 23.0 Å². The molecule has 0 aliphatic rings. The first-order chi connectivity index (χ1) is 15.3. The smallest absolute Gasteiger partial charge is 0.238 e. The van der Waals surface area contributed by atoms with Gasteiger partial charge in [-0.05, 0) is 29.8 Å². The number of hydrogen-bond donors (Lipinski definition) is 0. The van der Waals surface area contributed by atoms with Crippen LogP contribution in [0.5, 0.6) is 0 Å². The number of halogens is 1. The van der Waals surface area contributed by atoms with E-state index < -0.39 is 0 Å². The molecule has 5 rings (SSSR count). The summed E-state index contributed by atoms with van der Waals surface area (Å²) in [5.74, 6) is 2.61. The van der Waals surface area contributed by atoms with Crippen molar-refractivity contribution in [2.24, 2.45) is 0 Å². The van der Waals surface area contributed by atoms with Crippen LogP contribution in [0.1, 0.15) is 11.5 Å². The average molecular weight is 450 g/mol. The molecule has 9 heteroatoms. The number of furan rings is 1. The Morgan fingerprint density at radius 2 is 1.77 bits per heavy atom. The topological polar surface area (TPSA) is 82.8 Å². The third-order valence-corrected chi connectivity index (χ3v) is 5.83. The molecule has 31 heavy (non-hydrogen) atoms. The van der Waals surface area contributed by atoms with Gasteiger partial charge in [-0.2, -0.15) is 4.98 Å². The molecule has 0 atom stereocenters. The van der Waals surface area contributed by atoms with Gasteiger partial charge in [0.2, 0.25) is 11.7 Å². The zero-order chi connectivity index (χ0) is 21.0. The lowest BCUT2D eigenvalue weighted by Gasteiger charge is -2.11. The Bertz CT molecular complexity index is 1280. The number of aromatic nitrogens is 5. The van der Waals surface area contributed by atoms with Gasteiger partial charge in [0.05, 0.1) is 23.6 Å². The molecule has 0 saturated carbocycles.